The molecule has 5 nitrogen and oxygen atoms in total. The van der Waals surface area contributed by atoms with E-state index in [1.165, 1.54) is 16.1 Å². The van der Waals surface area contributed by atoms with Crippen molar-refractivity contribution in [3.05, 3.63) is 53.0 Å². The third-order valence-corrected chi connectivity index (χ3v) is 8.32. The van der Waals surface area contributed by atoms with Crippen LogP contribution in [0.5, 0.6) is 0 Å². The normalized spacial score (nSPS) is 15.4. The average Bonchev–Trinajstić information content (AvgIpc) is 2.73. The zero-order chi connectivity index (χ0) is 20.9. The molecular weight excluding hydrogens is 472 g/mol. The largest absolute Gasteiger partial charge is 0.324 e. The van der Waals surface area contributed by atoms with Gasteiger partial charge in [0.15, 0.2) is 0 Å². The lowest BCUT2D eigenvalue weighted by Gasteiger charge is -2.33. The minimum absolute atomic E-state index is 0.154. The van der Waals surface area contributed by atoms with Crippen molar-refractivity contribution >= 4 is 49.3 Å². The van der Waals surface area contributed by atoms with E-state index in [1.807, 2.05) is 30.5 Å². The van der Waals surface area contributed by atoms with Gasteiger partial charge in [-0.15, -0.1) is 11.8 Å². The predicted molar refractivity (Wildman–Crippen MR) is 122 cm³/mol. The Morgan fingerprint density at radius 2 is 1.76 bits per heavy atom. The second kappa shape index (κ2) is 10.1. The topological polar surface area (TPSA) is 66.5 Å². The summed E-state index contributed by atoms with van der Waals surface area (Å²) in [6.07, 6.45) is 6.57. The number of anilines is 1. The summed E-state index contributed by atoms with van der Waals surface area (Å²) >= 11 is 4.88. The van der Waals surface area contributed by atoms with E-state index >= 15 is 0 Å². The first-order chi connectivity index (χ1) is 13.9. The van der Waals surface area contributed by atoms with Gasteiger partial charge in [0.25, 0.3) is 0 Å². The molecule has 1 N–H and O–H groups in total. The highest BCUT2D eigenvalue weighted by Gasteiger charge is 2.34. The van der Waals surface area contributed by atoms with Crippen LogP contribution >= 0.6 is 27.7 Å². The van der Waals surface area contributed by atoms with Crippen LogP contribution in [0, 0.1) is 0 Å². The van der Waals surface area contributed by atoms with E-state index in [4.69, 9.17) is 0 Å². The molecule has 1 aliphatic rings. The van der Waals surface area contributed by atoms with Gasteiger partial charge in [0.1, 0.15) is 0 Å². The highest BCUT2D eigenvalue weighted by Crippen LogP contribution is 2.29. The van der Waals surface area contributed by atoms with Gasteiger partial charge in [0, 0.05) is 15.4 Å². The van der Waals surface area contributed by atoms with Gasteiger partial charge in [0.2, 0.25) is 15.9 Å². The molecule has 0 atom stereocenters. The lowest BCUT2D eigenvalue weighted by atomic mass is 9.95. The molecule has 8 heteroatoms. The molecule has 2 aromatic carbocycles. The SMILES string of the molecule is CSc1ccccc1NC(=O)CN(C1CCCCC1)S(=O)(=O)c1ccc(Br)cc1. The summed E-state index contributed by atoms with van der Waals surface area (Å²) in [5.74, 6) is -0.322. The number of halogens is 1. The maximum atomic E-state index is 13.4. The quantitative estimate of drug-likeness (QED) is 0.539. The molecule has 3 rings (SSSR count). The molecule has 0 bridgehead atoms. The number of thioether (sulfide) groups is 1. The summed E-state index contributed by atoms with van der Waals surface area (Å²) in [4.78, 5) is 14.0. The van der Waals surface area contributed by atoms with Crippen LogP contribution in [0.25, 0.3) is 0 Å². The van der Waals surface area contributed by atoms with Gasteiger partial charge in [-0.1, -0.05) is 47.3 Å². The number of hydrogen-bond donors (Lipinski definition) is 1. The third kappa shape index (κ3) is 5.63. The van der Waals surface area contributed by atoms with Gasteiger partial charge in [-0.3, -0.25) is 4.79 Å². The number of amides is 1. The summed E-state index contributed by atoms with van der Waals surface area (Å²) < 4.78 is 29.0. The van der Waals surface area contributed by atoms with E-state index in [9.17, 15) is 13.2 Å². The molecule has 1 saturated carbocycles. The molecule has 2 aromatic rings. The minimum atomic E-state index is -3.77. The van der Waals surface area contributed by atoms with Crippen LogP contribution in [0.2, 0.25) is 0 Å². The third-order valence-electron chi connectivity index (χ3n) is 5.08. The summed E-state index contributed by atoms with van der Waals surface area (Å²) in [5, 5.41) is 2.89. The Balaban J connectivity index is 1.85. The van der Waals surface area contributed by atoms with Crippen molar-refractivity contribution in [1.82, 2.24) is 4.31 Å². The molecule has 156 valence electrons. The smallest absolute Gasteiger partial charge is 0.243 e. The number of rotatable bonds is 7. The van der Waals surface area contributed by atoms with E-state index in [-0.39, 0.29) is 23.4 Å². The van der Waals surface area contributed by atoms with Gasteiger partial charge in [0.05, 0.1) is 17.1 Å². The second-order valence-corrected chi connectivity index (χ2v) is 10.7. The zero-order valence-electron chi connectivity index (χ0n) is 16.3. The first-order valence-electron chi connectivity index (χ1n) is 9.62. The van der Waals surface area contributed by atoms with Crippen LogP contribution in [-0.4, -0.2) is 37.5 Å². The minimum Gasteiger partial charge on any atom is -0.324 e. The fourth-order valence-corrected chi connectivity index (χ4v) is 6.06. The van der Waals surface area contributed by atoms with Crippen molar-refractivity contribution in [2.45, 2.75) is 47.9 Å². The molecule has 0 radical (unpaired) electrons. The molecule has 0 heterocycles. The Kier molecular flexibility index (Phi) is 7.79. The van der Waals surface area contributed by atoms with E-state index in [2.05, 4.69) is 21.2 Å². The Hall–Kier alpha value is -1.35. The summed E-state index contributed by atoms with van der Waals surface area (Å²) in [6.45, 7) is -0.189. The Bertz CT molecular complexity index is 943. The molecule has 0 unspecified atom stereocenters. The van der Waals surface area contributed by atoms with Crippen LogP contribution in [0.3, 0.4) is 0 Å². The Morgan fingerprint density at radius 3 is 2.41 bits per heavy atom. The standard InChI is InChI=1S/C21H25BrN2O3S2/c1-28-20-10-6-5-9-19(20)23-21(25)15-24(17-7-3-2-4-8-17)29(26,27)18-13-11-16(22)12-14-18/h5-6,9-14,17H,2-4,7-8,15H2,1H3,(H,23,25). The average molecular weight is 497 g/mol. The molecule has 0 aromatic heterocycles. The van der Waals surface area contributed by atoms with Crippen LogP contribution in [0.1, 0.15) is 32.1 Å². The van der Waals surface area contributed by atoms with Crippen LogP contribution < -0.4 is 5.32 Å². The van der Waals surface area contributed by atoms with Crippen molar-refractivity contribution in [1.29, 1.82) is 0 Å². The Labute approximate surface area is 185 Å². The molecule has 1 aliphatic carbocycles. The highest BCUT2D eigenvalue weighted by atomic mass is 79.9. The number of para-hydroxylation sites is 1. The van der Waals surface area contributed by atoms with Crippen molar-refractivity contribution < 1.29 is 13.2 Å². The van der Waals surface area contributed by atoms with Gasteiger partial charge in [-0.2, -0.15) is 4.31 Å². The number of benzene rings is 2. The van der Waals surface area contributed by atoms with Crippen molar-refractivity contribution in [2.75, 3.05) is 18.1 Å². The van der Waals surface area contributed by atoms with Crippen LogP contribution in [0.4, 0.5) is 5.69 Å². The van der Waals surface area contributed by atoms with E-state index in [0.29, 0.717) is 5.69 Å². The van der Waals surface area contributed by atoms with Gasteiger partial charge in [-0.25, -0.2) is 8.42 Å². The fraction of sp³-hybridized carbons (Fsp3) is 0.381. The monoisotopic (exact) mass is 496 g/mol. The van der Waals surface area contributed by atoms with E-state index in [1.54, 1.807) is 24.3 Å². The second-order valence-electron chi connectivity index (χ2n) is 7.04. The molecule has 1 amide bonds. The molecular formula is C21H25BrN2O3S2. The van der Waals surface area contributed by atoms with Crippen LogP contribution in [-0.2, 0) is 14.8 Å². The fourth-order valence-electron chi connectivity index (χ4n) is 3.60. The molecule has 0 saturated heterocycles. The molecule has 29 heavy (non-hydrogen) atoms. The number of nitrogens with one attached hydrogen (secondary N) is 1. The molecule has 0 spiro atoms. The lowest BCUT2D eigenvalue weighted by molar-refractivity contribution is -0.116. The maximum Gasteiger partial charge on any atom is 0.243 e. The van der Waals surface area contributed by atoms with Gasteiger partial charge in [-0.05, 0) is 55.5 Å². The van der Waals surface area contributed by atoms with Crippen LogP contribution in [0.15, 0.2) is 62.8 Å². The highest BCUT2D eigenvalue weighted by molar-refractivity contribution is 9.10. The van der Waals surface area contributed by atoms with Crippen molar-refractivity contribution in [3.8, 4) is 0 Å². The number of carbonyl (C=O) groups is 1. The summed E-state index contributed by atoms with van der Waals surface area (Å²) in [6, 6.07) is 13.9. The van der Waals surface area contributed by atoms with Gasteiger partial charge < -0.3 is 5.32 Å². The molecule has 0 aliphatic heterocycles. The molecule has 1 fully saturated rings. The Morgan fingerprint density at radius 1 is 1.10 bits per heavy atom. The summed E-state index contributed by atoms with van der Waals surface area (Å²) in [5.41, 5.74) is 0.703. The van der Waals surface area contributed by atoms with E-state index in [0.717, 1.165) is 41.5 Å². The maximum absolute atomic E-state index is 13.4. The number of sulfonamides is 1. The first-order valence-corrected chi connectivity index (χ1v) is 13.1. The number of nitrogens with zero attached hydrogens (tertiary/aromatic N) is 1. The van der Waals surface area contributed by atoms with E-state index < -0.39 is 10.0 Å². The predicted octanol–water partition coefficient (Wildman–Crippen LogP) is 5.13. The zero-order valence-corrected chi connectivity index (χ0v) is 19.5. The number of hydrogen-bond acceptors (Lipinski definition) is 4. The first kappa shape index (κ1) is 22.3. The van der Waals surface area contributed by atoms with Crippen molar-refractivity contribution in [2.24, 2.45) is 0 Å². The lowest BCUT2D eigenvalue weighted by Crippen LogP contribution is -2.45. The summed E-state index contributed by atoms with van der Waals surface area (Å²) in [7, 11) is -3.77. The van der Waals surface area contributed by atoms with Gasteiger partial charge >= 0.3 is 0 Å². The van der Waals surface area contributed by atoms with Crippen molar-refractivity contribution in [3.63, 3.8) is 0 Å². The number of carbonyl (C=O) groups excluding carboxylic acids is 1.